The maximum absolute atomic E-state index is 11.5. The summed E-state index contributed by atoms with van der Waals surface area (Å²) < 4.78 is 1.44. The summed E-state index contributed by atoms with van der Waals surface area (Å²) >= 11 is 0.996. The predicted molar refractivity (Wildman–Crippen MR) is 66.3 cm³/mol. The van der Waals surface area contributed by atoms with Crippen LogP contribution in [0.2, 0.25) is 0 Å². The highest BCUT2D eigenvalue weighted by molar-refractivity contribution is 7.99. The van der Waals surface area contributed by atoms with Crippen LogP contribution >= 0.6 is 11.8 Å². The second-order valence-electron chi connectivity index (χ2n) is 3.58. The summed E-state index contributed by atoms with van der Waals surface area (Å²) in [5, 5.41) is 15.8. The maximum atomic E-state index is 11.5. The molecule has 2 aromatic heterocycles. The van der Waals surface area contributed by atoms with E-state index in [9.17, 15) is 9.59 Å². The number of hydrogen-bond donors (Lipinski definition) is 2. The van der Waals surface area contributed by atoms with Gasteiger partial charge in [0.1, 0.15) is 5.03 Å². The summed E-state index contributed by atoms with van der Waals surface area (Å²) in [4.78, 5) is 30.2. The van der Waals surface area contributed by atoms with Crippen LogP contribution in [0.3, 0.4) is 0 Å². The predicted octanol–water partition coefficient (Wildman–Crippen LogP) is 0.621. The lowest BCUT2D eigenvalue weighted by Gasteiger charge is -2.04. The summed E-state index contributed by atoms with van der Waals surface area (Å²) in [6.45, 7) is 2.43. The van der Waals surface area contributed by atoms with Crippen LogP contribution in [0.5, 0.6) is 0 Å². The van der Waals surface area contributed by atoms with Gasteiger partial charge in [0.15, 0.2) is 10.9 Å². The molecule has 0 bridgehead atoms. The van der Waals surface area contributed by atoms with Crippen molar-refractivity contribution >= 4 is 17.7 Å². The molecule has 0 aliphatic rings. The molecule has 0 radical (unpaired) electrons. The largest absolute Gasteiger partial charge is 0.476 e. The van der Waals surface area contributed by atoms with Gasteiger partial charge in [-0.25, -0.2) is 24.7 Å². The van der Waals surface area contributed by atoms with Gasteiger partial charge in [0.25, 0.3) is 0 Å². The molecular weight excluding hydrogens is 270 g/mol. The molecule has 0 spiro atoms. The van der Waals surface area contributed by atoms with Gasteiger partial charge in [0.2, 0.25) is 0 Å². The van der Waals surface area contributed by atoms with E-state index in [1.165, 1.54) is 17.0 Å². The van der Waals surface area contributed by atoms with Gasteiger partial charge in [-0.3, -0.25) is 4.57 Å². The second kappa shape index (κ2) is 5.65. The lowest BCUT2D eigenvalue weighted by molar-refractivity contribution is 0.0685. The third-order valence-electron chi connectivity index (χ3n) is 2.23. The molecule has 8 nitrogen and oxygen atoms in total. The highest BCUT2D eigenvalue weighted by Crippen LogP contribution is 2.25. The minimum Gasteiger partial charge on any atom is -0.476 e. The van der Waals surface area contributed by atoms with Crippen molar-refractivity contribution in [1.29, 1.82) is 0 Å². The first-order valence-electron chi connectivity index (χ1n) is 5.50. The van der Waals surface area contributed by atoms with Crippen LogP contribution in [-0.4, -0.2) is 35.8 Å². The highest BCUT2D eigenvalue weighted by atomic mass is 32.2. The van der Waals surface area contributed by atoms with Crippen molar-refractivity contribution in [3.63, 3.8) is 0 Å². The van der Waals surface area contributed by atoms with E-state index >= 15 is 0 Å². The minimum atomic E-state index is -1.17. The third kappa shape index (κ3) is 2.81. The van der Waals surface area contributed by atoms with Gasteiger partial charge in [-0.15, -0.1) is 5.10 Å². The first-order valence-corrected chi connectivity index (χ1v) is 6.32. The normalized spacial score (nSPS) is 10.6. The molecule has 0 aromatic carbocycles. The van der Waals surface area contributed by atoms with Gasteiger partial charge < -0.3 is 5.11 Å². The lowest BCUT2D eigenvalue weighted by Crippen LogP contribution is -2.17. The molecule has 0 saturated carbocycles. The number of nitrogens with zero attached hydrogens (tertiary/aromatic N) is 4. The molecule has 2 aromatic rings. The highest BCUT2D eigenvalue weighted by Gasteiger charge is 2.17. The van der Waals surface area contributed by atoms with Crippen LogP contribution in [-0.2, 0) is 6.54 Å². The Morgan fingerprint density at radius 2 is 2.21 bits per heavy atom. The number of H-pyrrole nitrogens is 1. The fraction of sp³-hybridized carbons (Fsp3) is 0.300. The van der Waals surface area contributed by atoms with Crippen molar-refractivity contribution < 1.29 is 9.90 Å². The fourth-order valence-corrected chi connectivity index (χ4v) is 2.33. The van der Waals surface area contributed by atoms with Gasteiger partial charge in [-0.1, -0.05) is 6.92 Å². The molecule has 19 heavy (non-hydrogen) atoms. The summed E-state index contributed by atoms with van der Waals surface area (Å²) in [7, 11) is 0. The molecule has 2 heterocycles. The van der Waals surface area contributed by atoms with Crippen molar-refractivity contribution in [2.24, 2.45) is 0 Å². The summed E-state index contributed by atoms with van der Waals surface area (Å²) in [5.41, 5.74) is -0.490. The molecule has 0 amide bonds. The van der Waals surface area contributed by atoms with E-state index in [-0.39, 0.29) is 16.4 Å². The van der Waals surface area contributed by atoms with E-state index in [0.29, 0.717) is 11.7 Å². The Bertz CT molecular complexity index is 651. The van der Waals surface area contributed by atoms with Crippen molar-refractivity contribution in [1.82, 2.24) is 24.7 Å². The number of aromatic nitrogens is 5. The van der Waals surface area contributed by atoms with Gasteiger partial charge in [0, 0.05) is 18.9 Å². The molecule has 0 atom stereocenters. The van der Waals surface area contributed by atoms with E-state index in [1.54, 1.807) is 0 Å². The van der Waals surface area contributed by atoms with E-state index in [1.807, 2.05) is 6.92 Å². The molecule has 0 aliphatic carbocycles. The zero-order valence-corrected chi connectivity index (χ0v) is 10.8. The van der Waals surface area contributed by atoms with E-state index in [0.717, 1.165) is 18.2 Å². The van der Waals surface area contributed by atoms with E-state index < -0.39 is 5.97 Å². The van der Waals surface area contributed by atoms with Crippen LogP contribution in [0.25, 0.3) is 0 Å². The number of aromatic carboxylic acids is 1. The number of rotatable bonds is 5. The number of carboxylic acid groups (broad SMARTS) is 1. The first-order chi connectivity index (χ1) is 9.13. The Kier molecular flexibility index (Phi) is 3.95. The van der Waals surface area contributed by atoms with Crippen LogP contribution in [0.15, 0.2) is 27.4 Å². The summed E-state index contributed by atoms with van der Waals surface area (Å²) in [6, 6.07) is 0. The zero-order valence-electron chi connectivity index (χ0n) is 10.0. The quantitative estimate of drug-likeness (QED) is 0.825. The Balaban J connectivity index is 2.37. The van der Waals surface area contributed by atoms with Gasteiger partial charge in [0.05, 0.1) is 0 Å². The molecule has 2 rings (SSSR count). The average Bonchev–Trinajstić information content (AvgIpc) is 2.72. The average molecular weight is 281 g/mol. The number of aromatic amines is 1. The number of carbonyl (C=O) groups is 1. The molecular formula is C10H11N5O3S. The minimum absolute atomic E-state index is 0.161. The van der Waals surface area contributed by atoms with Crippen molar-refractivity contribution in [3.8, 4) is 0 Å². The van der Waals surface area contributed by atoms with Crippen LogP contribution in [0, 0.1) is 0 Å². The molecule has 2 N–H and O–H groups in total. The van der Waals surface area contributed by atoms with Crippen LogP contribution in [0.4, 0.5) is 0 Å². The molecule has 100 valence electrons. The molecule has 9 heteroatoms. The van der Waals surface area contributed by atoms with E-state index in [4.69, 9.17) is 5.11 Å². The van der Waals surface area contributed by atoms with Crippen LogP contribution < -0.4 is 5.69 Å². The molecule has 0 aliphatic heterocycles. The molecule has 0 fully saturated rings. The van der Waals surface area contributed by atoms with Crippen molar-refractivity contribution in [2.45, 2.75) is 30.1 Å². The van der Waals surface area contributed by atoms with Gasteiger partial charge in [-0.2, -0.15) is 0 Å². The van der Waals surface area contributed by atoms with Crippen molar-refractivity contribution in [2.75, 3.05) is 0 Å². The smallest absolute Gasteiger partial charge is 0.357 e. The monoisotopic (exact) mass is 281 g/mol. The Hall–Kier alpha value is -2.16. The maximum Gasteiger partial charge on any atom is 0.357 e. The standard InChI is InChI=1S/C10H11N5O3S/c1-2-5-15-9(18)13-14-10(15)19-7-6(8(16)17)11-3-4-12-7/h3-4H,2,5H2,1H3,(H,13,18)(H,16,17). The van der Waals surface area contributed by atoms with E-state index in [2.05, 4.69) is 20.2 Å². The fourth-order valence-electron chi connectivity index (χ4n) is 1.44. The lowest BCUT2D eigenvalue weighted by atomic mass is 10.5. The third-order valence-corrected chi connectivity index (χ3v) is 3.21. The van der Waals surface area contributed by atoms with Crippen LogP contribution in [0.1, 0.15) is 23.8 Å². The Labute approximate surface area is 111 Å². The number of carboxylic acids is 1. The molecule has 0 unspecified atom stereocenters. The Morgan fingerprint density at radius 3 is 2.89 bits per heavy atom. The summed E-state index contributed by atoms with van der Waals surface area (Å²) in [6.07, 6.45) is 3.46. The topological polar surface area (TPSA) is 114 Å². The molecule has 0 saturated heterocycles. The second-order valence-corrected chi connectivity index (χ2v) is 4.54. The summed E-state index contributed by atoms with van der Waals surface area (Å²) in [5.74, 6) is -1.17. The first kappa shape index (κ1) is 13.3. The van der Waals surface area contributed by atoms with Crippen molar-refractivity contribution in [3.05, 3.63) is 28.6 Å². The van der Waals surface area contributed by atoms with Gasteiger partial charge >= 0.3 is 11.7 Å². The zero-order chi connectivity index (χ0) is 13.8. The number of nitrogens with one attached hydrogen (secondary N) is 1. The number of hydrogen-bond acceptors (Lipinski definition) is 6. The SMILES string of the molecule is CCCn1c(Sc2nccnc2C(=O)O)n[nH]c1=O. The van der Waals surface area contributed by atoms with Gasteiger partial charge in [-0.05, 0) is 18.2 Å². The Morgan fingerprint density at radius 1 is 1.47 bits per heavy atom.